The largest absolute Gasteiger partial charge is 0.462 e. The van der Waals surface area contributed by atoms with Crippen LogP contribution in [0.2, 0.25) is 0 Å². The quantitative estimate of drug-likeness (QED) is 0.0261. The molecule has 0 aromatic rings. The minimum absolute atomic E-state index is 0.0669. The molecule has 0 aliphatic carbocycles. The van der Waals surface area contributed by atoms with Crippen molar-refractivity contribution >= 4 is 17.9 Å². The normalized spacial score (nSPS) is 12.2. The number of hydrogen-bond acceptors (Lipinski definition) is 6. The zero-order chi connectivity index (χ0) is 58.5. The summed E-state index contributed by atoms with van der Waals surface area (Å²) in [6.07, 6.45) is 87.5. The Hall–Kier alpha value is -2.37. The van der Waals surface area contributed by atoms with Gasteiger partial charge >= 0.3 is 17.9 Å². The van der Waals surface area contributed by atoms with Gasteiger partial charge in [-0.25, -0.2) is 0 Å². The molecule has 0 aromatic heterocycles. The molecule has 0 aliphatic rings. The third-order valence-electron chi connectivity index (χ3n) is 16.6. The smallest absolute Gasteiger partial charge is 0.306 e. The first-order valence-corrected chi connectivity index (χ1v) is 36.5. The van der Waals surface area contributed by atoms with Gasteiger partial charge in [-0.05, 0) is 57.8 Å². The maximum absolute atomic E-state index is 13.0. The molecule has 0 rings (SSSR count). The third kappa shape index (κ3) is 68.3. The molecular formula is C75H140O6. The molecule has 1 atom stereocenters. The van der Waals surface area contributed by atoms with Crippen LogP contribution in [0.1, 0.15) is 406 Å². The predicted octanol–water partition coefficient (Wildman–Crippen LogP) is 25.1. The minimum atomic E-state index is -0.771. The van der Waals surface area contributed by atoms with Crippen LogP contribution in [-0.2, 0) is 28.6 Å². The maximum atomic E-state index is 13.0. The Morgan fingerprint density at radius 1 is 0.247 bits per heavy atom. The molecule has 0 fully saturated rings. The first-order chi connectivity index (χ1) is 40.0. The molecule has 0 heterocycles. The molecule has 0 aliphatic heterocycles. The lowest BCUT2D eigenvalue weighted by Gasteiger charge is -2.18. The van der Waals surface area contributed by atoms with E-state index in [4.69, 9.17) is 14.2 Å². The molecule has 476 valence electrons. The van der Waals surface area contributed by atoms with Gasteiger partial charge in [0.05, 0.1) is 0 Å². The molecule has 1 unspecified atom stereocenters. The first kappa shape index (κ1) is 78.6. The standard InChI is InChI=1S/C75H140O6/c1-4-7-10-13-16-19-22-25-28-30-32-34-36-38-40-41-43-45-47-50-53-56-59-62-65-68-74(77)80-71-72(70-79-73(76)67-64-61-58-55-52-49-27-24-21-18-15-12-9-6-3)81-75(78)69-66-63-60-57-54-51-48-46-44-42-39-37-35-33-31-29-26-23-20-17-14-11-8-5-2/h22,25,30,32,36,38,72H,4-21,23-24,26-29,31,33-35,37,39-71H2,1-3H3/b25-22-,32-30-,38-36-. The molecule has 0 amide bonds. The topological polar surface area (TPSA) is 78.9 Å². The SMILES string of the molecule is CCCCCCC/C=C\C/C=C\C/C=C\CCCCCCCCCCCCC(=O)OCC(COC(=O)CCCCCCCCCCCCCCCC)OC(=O)CCCCCCCCCCCCCCCCCCCCCCCCCC. The number of esters is 3. The number of hydrogen-bond donors (Lipinski definition) is 0. The van der Waals surface area contributed by atoms with Crippen molar-refractivity contribution in [2.24, 2.45) is 0 Å². The van der Waals surface area contributed by atoms with Crippen LogP contribution in [0.3, 0.4) is 0 Å². The van der Waals surface area contributed by atoms with Crippen molar-refractivity contribution in [3.63, 3.8) is 0 Å². The Morgan fingerprint density at radius 3 is 0.691 bits per heavy atom. The predicted molar refractivity (Wildman–Crippen MR) is 353 cm³/mol. The lowest BCUT2D eigenvalue weighted by atomic mass is 10.0. The first-order valence-electron chi connectivity index (χ1n) is 36.5. The van der Waals surface area contributed by atoms with Gasteiger partial charge in [0.15, 0.2) is 6.10 Å². The van der Waals surface area contributed by atoms with Crippen molar-refractivity contribution in [2.45, 2.75) is 412 Å². The van der Waals surface area contributed by atoms with Crippen LogP contribution in [0, 0.1) is 0 Å². The summed E-state index contributed by atoms with van der Waals surface area (Å²) in [5.74, 6) is -0.838. The Balaban J connectivity index is 4.25. The number of carbonyl (C=O) groups is 3. The van der Waals surface area contributed by atoms with E-state index in [1.54, 1.807) is 0 Å². The van der Waals surface area contributed by atoms with Gasteiger partial charge < -0.3 is 14.2 Å². The summed E-state index contributed by atoms with van der Waals surface area (Å²) in [4.78, 5) is 38.5. The van der Waals surface area contributed by atoms with Gasteiger partial charge in [0.1, 0.15) is 13.2 Å². The van der Waals surface area contributed by atoms with E-state index in [0.717, 1.165) is 70.6 Å². The highest BCUT2D eigenvalue weighted by Crippen LogP contribution is 2.19. The molecule has 0 saturated carbocycles. The van der Waals surface area contributed by atoms with Crippen LogP contribution < -0.4 is 0 Å². The summed E-state index contributed by atoms with van der Waals surface area (Å²) in [6.45, 7) is 6.71. The van der Waals surface area contributed by atoms with Crippen LogP contribution in [0.4, 0.5) is 0 Å². The summed E-state index contributed by atoms with van der Waals surface area (Å²) in [6, 6.07) is 0. The molecule has 0 aromatic carbocycles. The monoisotopic (exact) mass is 1140 g/mol. The molecule has 0 bridgehead atoms. The fraction of sp³-hybridized carbons (Fsp3) is 0.880. The average Bonchev–Trinajstić information content (AvgIpc) is 3.47. The number of allylic oxidation sites excluding steroid dienone is 6. The fourth-order valence-electron chi connectivity index (χ4n) is 11.2. The Bertz CT molecular complexity index is 1350. The van der Waals surface area contributed by atoms with Crippen LogP contribution in [0.25, 0.3) is 0 Å². The van der Waals surface area contributed by atoms with E-state index in [1.807, 2.05) is 0 Å². The van der Waals surface area contributed by atoms with Gasteiger partial charge in [-0.2, -0.15) is 0 Å². The lowest BCUT2D eigenvalue weighted by Crippen LogP contribution is -2.30. The van der Waals surface area contributed by atoms with Gasteiger partial charge in [0.2, 0.25) is 0 Å². The second-order valence-corrected chi connectivity index (χ2v) is 24.9. The molecule has 0 radical (unpaired) electrons. The molecule has 0 spiro atoms. The highest BCUT2D eigenvalue weighted by Gasteiger charge is 2.19. The summed E-state index contributed by atoms with van der Waals surface area (Å²) < 4.78 is 17.0. The van der Waals surface area contributed by atoms with Crippen LogP contribution in [0.15, 0.2) is 36.5 Å². The number of unbranched alkanes of at least 4 members (excludes halogenated alkanes) is 51. The lowest BCUT2D eigenvalue weighted by molar-refractivity contribution is -0.167. The number of ether oxygens (including phenoxy) is 3. The van der Waals surface area contributed by atoms with Crippen molar-refractivity contribution < 1.29 is 28.6 Å². The van der Waals surface area contributed by atoms with E-state index in [9.17, 15) is 14.4 Å². The van der Waals surface area contributed by atoms with Gasteiger partial charge in [-0.3, -0.25) is 14.4 Å². The van der Waals surface area contributed by atoms with Gasteiger partial charge in [0, 0.05) is 19.3 Å². The van der Waals surface area contributed by atoms with Gasteiger partial charge in [-0.1, -0.05) is 365 Å². The van der Waals surface area contributed by atoms with Crippen molar-refractivity contribution in [2.75, 3.05) is 13.2 Å². The molecule has 81 heavy (non-hydrogen) atoms. The molecule has 6 heteroatoms. The van der Waals surface area contributed by atoms with Crippen molar-refractivity contribution in [3.8, 4) is 0 Å². The van der Waals surface area contributed by atoms with Crippen LogP contribution in [0.5, 0.6) is 0 Å². The third-order valence-corrected chi connectivity index (χ3v) is 16.6. The summed E-state index contributed by atoms with van der Waals surface area (Å²) in [7, 11) is 0. The summed E-state index contributed by atoms with van der Waals surface area (Å²) in [5.41, 5.74) is 0. The second-order valence-electron chi connectivity index (χ2n) is 24.9. The highest BCUT2D eigenvalue weighted by atomic mass is 16.6. The molecule has 6 nitrogen and oxygen atoms in total. The van der Waals surface area contributed by atoms with E-state index in [2.05, 4.69) is 57.2 Å². The molecule has 0 saturated heterocycles. The Morgan fingerprint density at radius 2 is 0.444 bits per heavy atom. The Kier molecular flexibility index (Phi) is 68.1. The zero-order valence-electron chi connectivity index (χ0n) is 54.8. The zero-order valence-corrected chi connectivity index (χ0v) is 54.8. The van der Waals surface area contributed by atoms with Crippen molar-refractivity contribution in [1.82, 2.24) is 0 Å². The molecule has 0 N–H and O–H groups in total. The fourth-order valence-corrected chi connectivity index (χ4v) is 11.2. The molecular weight excluding hydrogens is 997 g/mol. The van der Waals surface area contributed by atoms with E-state index in [1.165, 1.54) is 295 Å². The van der Waals surface area contributed by atoms with Gasteiger partial charge in [0.25, 0.3) is 0 Å². The maximum Gasteiger partial charge on any atom is 0.306 e. The average molecular weight is 1140 g/mol. The van der Waals surface area contributed by atoms with E-state index >= 15 is 0 Å². The minimum Gasteiger partial charge on any atom is -0.462 e. The van der Waals surface area contributed by atoms with Gasteiger partial charge in [-0.15, -0.1) is 0 Å². The van der Waals surface area contributed by atoms with E-state index in [-0.39, 0.29) is 31.1 Å². The summed E-state index contributed by atoms with van der Waals surface area (Å²) in [5, 5.41) is 0. The highest BCUT2D eigenvalue weighted by molar-refractivity contribution is 5.71. The van der Waals surface area contributed by atoms with Crippen LogP contribution in [-0.4, -0.2) is 37.2 Å². The number of rotatable bonds is 68. The van der Waals surface area contributed by atoms with Crippen molar-refractivity contribution in [1.29, 1.82) is 0 Å². The second kappa shape index (κ2) is 70.1. The van der Waals surface area contributed by atoms with E-state index < -0.39 is 6.10 Å². The summed E-state index contributed by atoms with van der Waals surface area (Å²) >= 11 is 0. The van der Waals surface area contributed by atoms with E-state index in [0.29, 0.717) is 19.3 Å². The Labute approximate surface area is 506 Å². The number of carbonyl (C=O) groups excluding carboxylic acids is 3. The van der Waals surface area contributed by atoms with Crippen LogP contribution >= 0.6 is 0 Å². The van der Waals surface area contributed by atoms with Crippen molar-refractivity contribution in [3.05, 3.63) is 36.5 Å².